The van der Waals surface area contributed by atoms with Crippen molar-refractivity contribution in [2.24, 2.45) is 16.9 Å². The van der Waals surface area contributed by atoms with E-state index in [4.69, 9.17) is 5.73 Å². The van der Waals surface area contributed by atoms with Gasteiger partial charge in [0.25, 0.3) is 0 Å². The molecule has 2 saturated heterocycles. The number of rotatable bonds is 8. The van der Waals surface area contributed by atoms with Crippen molar-refractivity contribution in [1.29, 1.82) is 0 Å². The Labute approximate surface area is 202 Å². The van der Waals surface area contributed by atoms with Gasteiger partial charge in [0, 0.05) is 38.8 Å². The van der Waals surface area contributed by atoms with E-state index in [1.807, 2.05) is 14.1 Å². The fourth-order valence-electron chi connectivity index (χ4n) is 4.41. The van der Waals surface area contributed by atoms with Crippen molar-refractivity contribution in [3.8, 4) is 0 Å². The van der Waals surface area contributed by atoms with Crippen LogP contribution >= 0.6 is 0 Å². The minimum absolute atomic E-state index is 0.0120. The number of amides is 2. The molecule has 12 nitrogen and oxygen atoms in total. The van der Waals surface area contributed by atoms with Crippen LogP contribution in [0.15, 0.2) is 17.7 Å². The van der Waals surface area contributed by atoms with E-state index in [1.54, 1.807) is 21.6 Å². The van der Waals surface area contributed by atoms with Crippen molar-refractivity contribution in [2.75, 3.05) is 70.1 Å². The van der Waals surface area contributed by atoms with E-state index in [1.165, 1.54) is 6.20 Å². The smallest absolute Gasteiger partial charge is 0.236 e. The van der Waals surface area contributed by atoms with Crippen LogP contribution in [0.1, 0.15) is 6.92 Å². The van der Waals surface area contributed by atoms with Crippen molar-refractivity contribution in [2.45, 2.75) is 25.3 Å². The van der Waals surface area contributed by atoms with Crippen LogP contribution in [0.25, 0.3) is 0 Å². The van der Waals surface area contributed by atoms with Gasteiger partial charge in [-0.15, -0.1) is 4.91 Å². The third-order valence-corrected chi connectivity index (χ3v) is 6.10. The minimum Gasteiger partial charge on any atom is -0.364 e. The summed E-state index contributed by atoms with van der Waals surface area (Å²) in [5.74, 6) is -2.21. The number of nitrogens with zero attached hydrogens (tertiary/aromatic N) is 6. The summed E-state index contributed by atoms with van der Waals surface area (Å²) in [4.78, 5) is 46.0. The van der Waals surface area contributed by atoms with Crippen molar-refractivity contribution >= 4 is 23.2 Å². The molecule has 4 atom stereocenters. The summed E-state index contributed by atoms with van der Waals surface area (Å²) in [7, 11) is 3.63. The van der Waals surface area contributed by atoms with Crippen molar-refractivity contribution in [3.05, 3.63) is 23.1 Å². The van der Waals surface area contributed by atoms with Gasteiger partial charge in [-0.2, -0.15) is 0 Å². The Hall–Kier alpha value is -2.97. The number of aromatic nitrogens is 1. The zero-order valence-electron chi connectivity index (χ0n) is 20.2. The number of anilines is 2. The van der Waals surface area contributed by atoms with E-state index in [2.05, 4.69) is 20.9 Å². The maximum absolute atomic E-state index is 14.9. The van der Waals surface area contributed by atoms with Crippen molar-refractivity contribution in [1.82, 2.24) is 25.1 Å². The van der Waals surface area contributed by atoms with Gasteiger partial charge in [-0.05, 0) is 21.0 Å². The normalized spacial score (nSPS) is 22.7. The zero-order chi connectivity index (χ0) is 25.7. The molecule has 4 N–H and O–H groups in total. The molecule has 2 fully saturated rings. The number of likely N-dealkylation sites (N-methyl/N-ethyl adjacent to an activating group) is 1. The molecule has 2 amide bonds. The number of halogens is 2. The van der Waals surface area contributed by atoms with Crippen LogP contribution < -0.4 is 21.3 Å². The third kappa shape index (κ3) is 6.38. The first-order valence-corrected chi connectivity index (χ1v) is 11.5. The number of hydrogen-bond acceptors (Lipinski definition) is 9. The maximum Gasteiger partial charge on any atom is 0.236 e. The number of carbonyl (C=O) groups excluding carboxylic acids is 2. The second-order valence-electron chi connectivity index (χ2n) is 9.15. The van der Waals surface area contributed by atoms with Gasteiger partial charge in [-0.25, -0.2) is 13.8 Å². The second-order valence-corrected chi connectivity index (χ2v) is 9.15. The molecule has 1 aromatic heterocycles. The van der Waals surface area contributed by atoms with Gasteiger partial charge >= 0.3 is 0 Å². The fourth-order valence-corrected chi connectivity index (χ4v) is 4.41. The number of piperazine rings is 1. The highest BCUT2D eigenvalue weighted by Gasteiger charge is 2.40. The largest absolute Gasteiger partial charge is 0.364 e. The van der Waals surface area contributed by atoms with Crippen LogP contribution in [-0.4, -0.2) is 110 Å². The molecule has 2 aliphatic heterocycles. The Morgan fingerprint density at radius 1 is 1.31 bits per heavy atom. The highest BCUT2D eigenvalue weighted by Crippen LogP contribution is 2.30. The van der Waals surface area contributed by atoms with E-state index < -0.39 is 36.0 Å². The molecule has 3 heterocycles. The van der Waals surface area contributed by atoms with E-state index in [9.17, 15) is 23.3 Å². The average Bonchev–Trinajstić information content (AvgIpc) is 2.79. The molecule has 35 heavy (non-hydrogen) atoms. The molecule has 4 unspecified atom stereocenters. The minimum atomic E-state index is -1.32. The summed E-state index contributed by atoms with van der Waals surface area (Å²) in [5.41, 5.74) is 6.35. The molecular formula is C21H33F2N9O3. The van der Waals surface area contributed by atoms with Gasteiger partial charge < -0.3 is 25.8 Å². The standard InChI is InChI=1S/C21H33F2N9O3/c1-13(24)18(20-26-8-14(22)11-32(20)28-35)21(34)27-16-10-25-9-15(23)19(16)31-6-4-30(5-7-31)17(33)12-29(2)3/h9-10,13-14,18,20,26H,4-8,11-12,24H2,1-3H3,(H,27,34). The molecule has 0 spiro atoms. The first-order valence-electron chi connectivity index (χ1n) is 11.5. The second kappa shape index (κ2) is 11.6. The summed E-state index contributed by atoms with van der Waals surface area (Å²) in [6, 6.07) is -0.732. The number of hydrogen-bond donors (Lipinski definition) is 3. The molecule has 2 aliphatic rings. The topological polar surface area (TPSA) is 140 Å². The molecule has 194 valence electrons. The average molecular weight is 498 g/mol. The molecule has 0 aliphatic carbocycles. The van der Waals surface area contributed by atoms with E-state index in [0.717, 1.165) is 11.2 Å². The predicted molar refractivity (Wildman–Crippen MR) is 126 cm³/mol. The lowest BCUT2D eigenvalue weighted by molar-refractivity contribution is -0.132. The van der Waals surface area contributed by atoms with Gasteiger partial charge in [0.1, 0.15) is 18.0 Å². The predicted octanol–water partition coefficient (Wildman–Crippen LogP) is -0.416. The molecule has 3 rings (SSSR count). The molecule has 0 saturated carbocycles. The van der Waals surface area contributed by atoms with E-state index >= 15 is 0 Å². The van der Waals surface area contributed by atoms with Gasteiger partial charge in [-0.1, -0.05) is 0 Å². The lowest BCUT2D eigenvalue weighted by Crippen LogP contribution is -2.62. The Morgan fingerprint density at radius 2 is 2.00 bits per heavy atom. The first-order chi connectivity index (χ1) is 16.6. The number of alkyl halides is 1. The zero-order valence-corrected chi connectivity index (χ0v) is 20.2. The van der Waals surface area contributed by atoms with Gasteiger partial charge in [0.15, 0.2) is 5.82 Å². The molecular weight excluding hydrogens is 464 g/mol. The maximum atomic E-state index is 14.9. The highest BCUT2D eigenvalue weighted by molar-refractivity contribution is 5.96. The number of nitroso groups, excluding NO2 is 1. The van der Waals surface area contributed by atoms with Crippen LogP contribution in [0.3, 0.4) is 0 Å². The van der Waals surface area contributed by atoms with E-state index in [0.29, 0.717) is 26.2 Å². The Bertz CT molecular complexity index is 912. The SMILES string of the molecule is CC(N)C(C(=O)Nc1cncc(F)c1N1CCN(C(=O)CN(C)C)CC1)C1NCC(F)CN1N=O. The summed E-state index contributed by atoms with van der Waals surface area (Å²) in [5, 5.41) is 9.27. The number of nitrogens with two attached hydrogens (primary N) is 1. The first kappa shape index (κ1) is 26.6. The molecule has 0 aromatic carbocycles. The van der Waals surface area contributed by atoms with Crippen molar-refractivity contribution in [3.63, 3.8) is 0 Å². The number of nitrogens with one attached hydrogen (secondary N) is 2. The molecule has 14 heteroatoms. The molecule has 0 radical (unpaired) electrons. The summed E-state index contributed by atoms with van der Waals surface area (Å²) in [6.45, 7) is 3.09. The Morgan fingerprint density at radius 3 is 2.60 bits per heavy atom. The lowest BCUT2D eigenvalue weighted by atomic mass is 9.95. The third-order valence-electron chi connectivity index (χ3n) is 6.10. The number of pyridine rings is 1. The quantitative estimate of drug-likeness (QED) is 0.409. The van der Waals surface area contributed by atoms with Crippen molar-refractivity contribution < 1.29 is 18.4 Å². The highest BCUT2D eigenvalue weighted by atomic mass is 19.1. The fraction of sp³-hybridized carbons (Fsp3) is 0.667. The summed E-state index contributed by atoms with van der Waals surface area (Å²) < 4.78 is 28.6. The summed E-state index contributed by atoms with van der Waals surface area (Å²) in [6.07, 6.45) is 0.151. The lowest BCUT2D eigenvalue weighted by Gasteiger charge is -2.39. The Balaban J connectivity index is 1.76. The van der Waals surface area contributed by atoms with Crippen LogP contribution in [0.4, 0.5) is 20.2 Å². The monoisotopic (exact) mass is 497 g/mol. The van der Waals surface area contributed by atoms with Gasteiger partial charge in [0.2, 0.25) is 11.8 Å². The van der Waals surface area contributed by atoms with Crippen LogP contribution in [0.2, 0.25) is 0 Å². The van der Waals surface area contributed by atoms with Crippen LogP contribution in [0, 0.1) is 16.6 Å². The summed E-state index contributed by atoms with van der Waals surface area (Å²) >= 11 is 0. The molecule has 1 aromatic rings. The van der Waals surface area contributed by atoms with Crippen LogP contribution in [0.5, 0.6) is 0 Å². The number of carbonyl (C=O) groups is 2. The van der Waals surface area contributed by atoms with Crippen LogP contribution in [-0.2, 0) is 9.59 Å². The Kier molecular flexibility index (Phi) is 8.86. The van der Waals surface area contributed by atoms with Gasteiger partial charge in [0.05, 0.1) is 42.4 Å². The van der Waals surface area contributed by atoms with E-state index in [-0.39, 0.29) is 36.9 Å². The molecule has 0 bridgehead atoms. The van der Waals surface area contributed by atoms with Gasteiger partial charge in [-0.3, -0.25) is 19.9 Å².